The highest BCUT2D eigenvalue weighted by molar-refractivity contribution is 7.09. The van der Waals surface area contributed by atoms with Gasteiger partial charge in [-0.1, -0.05) is 12.1 Å². The van der Waals surface area contributed by atoms with Crippen molar-refractivity contribution in [1.29, 1.82) is 0 Å². The molecule has 2 aromatic heterocycles. The molecule has 0 atom stereocenters. The maximum Gasteiger partial charge on any atom is 0.272 e. The Morgan fingerprint density at radius 3 is 2.86 bits per heavy atom. The third-order valence-corrected chi connectivity index (χ3v) is 4.30. The number of rotatable bonds is 4. The minimum Gasteiger partial charge on any atom is -0.497 e. The van der Waals surface area contributed by atoms with Gasteiger partial charge in [0.25, 0.3) is 5.91 Å². The van der Waals surface area contributed by atoms with Crippen LogP contribution in [0, 0.1) is 0 Å². The van der Waals surface area contributed by atoms with Gasteiger partial charge in [0.15, 0.2) is 0 Å². The van der Waals surface area contributed by atoms with Crippen LogP contribution in [0.4, 0.5) is 0 Å². The molecule has 2 heterocycles. The zero-order chi connectivity index (χ0) is 15.5. The SMILES string of the molecule is COc1ccc2nc(C(=O)N(C)Cc3cccs3)ccc2c1. The van der Waals surface area contributed by atoms with E-state index in [9.17, 15) is 4.79 Å². The number of nitrogens with zero attached hydrogens (tertiary/aromatic N) is 2. The van der Waals surface area contributed by atoms with E-state index in [0.29, 0.717) is 12.2 Å². The number of ether oxygens (including phenoxy) is 1. The van der Waals surface area contributed by atoms with Crippen LogP contribution >= 0.6 is 11.3 Å². The lowest BCUT2D eigenvalue weighted by molar-refractivity contribution is 0.0781. The topological polar surface area (TPSA) is 42.4 Å². The van der Waals surface area contributed by atoms with Crippen LogP contribution < -0.4 is 4.74 Å². The van der Waals surface area contributed by atoms with E-state index in [2.05, 4.69) is 4.98 Å². The molecule has 0 fully saturated rings. The maximum absolute atomic E-state index is 12.5. The molecule has 0 aliphatic carbocycles. The van der Waals surface area contributed by atoms with Crippen LogP contribution in [-0.4, -0.2) is 29.9 Å². The lowest BCUT2D eigenvalue weighted by Gasteiger charge is -2.16. The van der Waals surface area contributed by atoms with Crippen LogP contribution in [0.5, 0.6) is 5.75 Å². The highest BCUT2D eigenvalue weighted by Crippen LogP contribution is 2.20. The monoisotopic (exact) mass is 312 g/mol. The second kappa shape index (κ2) is 6.15. The molecule has 1 aromatic carbocycles. The van der Waals surface area contributed by atoms with Gasteiger partial charge >= 0.3 is 0 Å². The van der Waals surface area contributed by atoms with Gasteiger partial charge in [-0.25, -0.2) is 4.98 Å². The van der Waals surface area contributed by atoms with Gasteiger partial charge in [-0.05, 0) is 35.7 Å². The highest BCUT2D eigenvalue weighted by Gasteiger charge is 2.14. The number of benzene rings is 1. The summed E-state index contributed by atoms with van der Waals surface area (Å²) in [6, 6.07) is 13.3. The molecule has 0 saturated carbocycles. The van der Waals surface area contributed by atoms with E-state index in [1.54, 1.807) is 36.5 Å². The third kappa shape index (κ3) is 2.94. The summed E-state index contributed by atoms with van der Waals surface area (Å²) in [5, 5.41) is 2.96. The molecule has 112 valence electrons. The second-order valence-corrected chi connectivity index (χ2v) is 6.03. The number of hydrogen-bond donors (Lipinski definition) is 0. The molecule has 4 nitrogen and oxygen atoms in total. The van der Waals surface area contributed by atoms with Crippen molar-refractivity contribution in [3.63, 3.8) is 0 Å². The first-order valence-corrected chi connectivity index (χ1v) is 7.78. The minimum atomic E-state index is -0.0777. The van der Waals surface area contributed by atoms with E-state index in [4.69, 9.17) is 4.74 Å². The molecule has 0 saturated heterocycles. The van der Waals surface area contributed by atoms with Crippen molar-refractivity contribution in [2.45, 2.75) is 6.54 Å². The fourth-order valence-corrected chi connectivity index (χ4v) is 3.01. The molecular weight excluding hydrogens is 296 g/mol. The van der Waals surface area contributed by atoms with E-state index in [0.717, 1.165) is 21.5 Å². The number of amides is 1. The van der Waals surface area contributed by atoms with Gasteiger partial charge in [-0.3, -0.25) is 4.79 Å². The van der Waals surface area contributed by atoms with Crippen molar-refractivity contribution >= 4 is 28.1 Å². The molecule has 0 N–H and O–H groups in total. The van der Waals surface area contributed by atoms with E-state index < -0.39 is 0 Å². The lowest BCUT2D eigenvalue weighted by atomic mass is 10.2. The molecule has 5 heteroatoms. The fraction of sp³-hybridized carbons (Fsp3) is 0.176. The van der Waals surface area contributed by atoms with Crippen LogP contribution in [0.2, 0.25) is 0 Å². The van der Waals surface area contributed by atoms with Gasteiger partial charge in [0, 0.05) is 17.3 Å². The number of fused-ring (bicyclic) bond motifs is 1. The summed E-state index contributed by atoms with van der Waals surface area (Å²) in [4.78, 5) is 19.8. The zero-order valence-corrected chi connectivity index (χ0v) is 13.3. The Bertz CT molecular complexity index is 800. The van der Waals surface area contributed by atoms with Crippen LogP contribution in [0.1, 0.15) is 15.4 Å². The summed E-state index contributed by atoms with van der Waals surface area (Å²) >= 11 is 1.64. The Morgan fingerprint density at radius 2 is 2.14 bits per heavy atom. The number of carbonyl (C=O) groups excluding carboxylic acids is 1. The molecular formula is C17H16N2O2S. The quantitative estimate of drug-likeness (QED) is 0.739. The summed E-state index contributed by atoms with van der Waals surface area (Å²) in [7, 11) is 3.42. The first-order chi connectivity index (χ1) is 10.7. The van der Waals surface area contributed by atoms with Gasteiger partial charge in [0.05, 0.1) is 19.2 Å². The second-order valence-electron chi connectivity index (χ2n) is 5.00. The maximum atomic E-state index is 12.5. The van der Waals surface area contributed by atoms with Crippen LogP contribution in [0.3, 0.4) is 0 Å². The molecule has 0 bridgehead atoms. The summed E-state index contributed by atoms with van der Waals surface area (Å²) < 4.78 is 5.20. The van der Waals surface area contributed by atoms with Crippen molar-refractivity contribution in [2.75, 3.05) is 14.2 Å². The number of aromatic nitrogens is 1. The Kier molecular flexibility index (Phi) is 4.06. The summed E-state index contributed by atoms with van der Waals surface area (Å²) in [6.07, 6.45) is 0. The fourth-order valence-electron chi connectivity index (χ4n) is 2.25. The molecule has 3 aromatic rings. The van der Waals surface area contributed by atoms with Crippen LogP contribution in [0.15, 0.2) is 47.8 Å². The molecule has 0 aliphatic heterocycles. The van der Waals surface area contributed by atoms with Crippen LogP contribution in [-0.2, 0) is 6.54 Å². The Morgan fingerprint density at radius 1 is 1.27 bits per heavy atom. The first kappa shape index (κ1) is 14.5. The number of thiophene rings is 1. The number of hydrogen-bond acceptors (Lipinski definition) is 4. The largest absolute Gasteiger partial charge is 0.497 e. The van der Waals surface area contributed by atoms with Crippen molar-refractivity contribution in [1.82, 2.24) is 9.88 Å². The van der Waals surface area contributed by atoms with Gasteiger partial charge in [0.1, 0.15) is 11.4 Å². The average Bonchev–Trinajstić information content (AvgIpc) is 3.06. The molecule has 1 amide bonds. The first-order valence-electron chi connectivity index (χ1n) is 6.90. The molecule has 0 unspecified atom stereocenters. The van der Waals surface area contributed by atoms with Crippen LogP contribution in [0.25, 0.3) is 10.9 Å². The Labute approximate surface area is 133 Å². The summed E-state index contributed by atoms with van der Waals surface area (Å²) in [6.45, 7) is 0.596. The standard InChI is InChI=1S/C17H16N2O2S/c1-19(11-14-4-3-9-22-14)17(20)16-7-5-12-10-13(21-2)6-8-15(12)18-16/h3-10H,11H2,1-2H3. The van der Waals surface area contributed by atoms with Crippen molar-refractivity contribution in [2.24, 2.45) is 0 Å². The van der Waals surface area contributed by atoms with E-state index in [1.807, 2.05) is 41.8 Å². The summed E-state index contributed by atoms with van der Waals surface area (Å²) in [5.74, 6) is 0.703. The van der Waals surface area contributed by atoms with Gasteiger partial charge in [0.2, 0.25) is 0 Å². The van der Waals surface area contributed by atoms with Crippen molar-refractivity contribution in [3.8, 4) is 5.75 Å². The molecule has 22 heavy (non-hydrogen) atoms. The van der Waals surface area contributed by atoms with Crippen molar-refractivity contribution < 1.29 is 9.53 Å². The summed E-state index contributed by atoms with van der Waals surface area (Å²) in [5.41, 5.74) is 1.24. The molecule has 0 spiro atoms. The van der Waals surface area contributed by atoms with Gasteiger partial charge < -0.3 is 9.64 Å². The third-order valence-electron chi connectivity index (χ3n) is 3.44. The smallest absolute Gasteiger partial charge is 0.272 e. The number of methoxy groups -OCH3 is 1. The van der Waals surface area contributed by atoms with E-state index in [1.165, 1.54) is 0 Å². The Balaban J connectivity index is 1.84. The normalized spacial score (nSPS) is 10.6. The van der Waals surface area contributed by atoms with Gasteiger partial charge in [-0.15, -0.1) is 11.3 Å². The zero-order valence-electron chi connectivity index (χ0n) is 12.4. The van der Waals surface area contributed by atoms with Gasteiger partial charge in [-0.2, -0.15) is 0 Å². The molecule has 0 aliphatic rings. The highest BCUT2D eigenvalue weighted by atomic mass is 32.1. The molecule has 0 radical (unpaired) electrons. The van der Waals surface area contributed by atoms with Crippen molar-refractivity contribution in [3.05, 3.63) is 58.4 Å². The number of carbonyl (C=O) groups is 1. The predicted octanol–water partition coefficient (Wildman–Crippen LogP) is 3.58. The lowest BCUT2D eigenvalue weighted by Crippen LogP contribution is -2.26. The molecule has 3 rings (SSSR count). The van der Waals surface area contributed by atoms with E-state index in [-0.39, 0.29) is 5.91 Å². The minimum absolute atomic E-state index is 0.0777. The predicted molar refractivity (Wildman–Crippen MR) is 88.4 cm³/mol. The average molecular weight is 312 g/mol. The number of pyridine rings is 1. The Hall–Kier alpha value is -2.40. The van der Waals surface area contributed by atoms with E-state index >= 15 is 0 Å².